The van der Waals surface area contributed by atoms with Crippen molar-refractivity contribution in [2.24, 2.45) is 11.8 Å². The number of carbonyl (C=O) groups excluding carboxylic acids is 4. The van der Waals surface area contributed by atoms with Crippen molar-refractivity contribution in [3.8, 4) is 0 Å². The highest BCUT2D eigenvalue weighted by atomic mass is 16.5. The van der Waals surface area contributed by atoms with Crippen molar-refractivity contribution in [1.29, 1.82) is 0 Å². The quantitative estimate of drug-likeness (QED) is 0.333. The third-order valence-corrected chi connectivity index (χ3v) is 5.01. The summed E-state index contributed by atoms with van der Waals surface area (Å²) in [6.07, 6.45) is -1.69. The van der Waals surface area contributed by atoms with Crippen molar-refractivity contribution in [3.63, 3.8) is 0 Å². The fourth-order valence-electron chi connectivity index (χ4n) is 3.15. The van der Waals surface area contributed by atoms with Crippen LogP contribution in [0.25, 0.3) is 0 Å². The van der Waals surface area contributed by atoms with Crippen LogP contribution in [0.5, 0.6) is 0 Å². The molecule has 34 heavy (non-hydrogen) atoms. The van der Waals surface area contributed by atoms with Crippen molar-refractivity contribution < 1.29 is 33.8 Å². The van der Waals surface area contributed by atoms with Crippen LogP contribution in [0, 0.1) is 11.8 Å². The van der Waals surface area contributed by atoms with Crippen LogP contribution in [0.2, 0.25) is 0 Å². The number of hydrogen-bond acceptors (Lipinski definition) is 7. The molecular formula is C24H37N3O7. The molecule has 4 N–H and O–H groups in total. The third-order valence-electron chi connectivity index (χ3n) is 5.01. The molecule has 0 radical (unpaired) electrons. The lowest BCUT2D eigenvalue weighted by molar-refractivity contribution is -0.148. The van der Waals surface area contributed by atoms with Gasteiger partial charge >= 0.3 is 12.1 Å². The topological polar surface area (TPSA) is 143 Å². The summed E-state index contributed by atoms with van der Waals surface area (Å²) in [5.41, 5.74) is 0.801. The highest BCUT2D eigenvalue weighted by molar-refractivity contribution is 5.93. The van der Waals surface area contributed by atoms with Crippen LogP contribution in [-0.2, 0) is 30.5 Å². The monoisotopic (exact) mass is 479 g/mol. The van der Waals surface area contributed by atoms with Crippen molar-refractivity contribution in [1.82, 2.24) is 16.0 Å². The normalized spacial score (nSPS) is 14.5. The second kappa shape index (κ2) is 14.2. The average Bonchev–Trinajstić information content (AvgIpc) is 2.78. The van der Waals surface area contributed by atoms with Gasteiger partial charge in [-0.2, -0.15) is 0 Å². The van der Waals surface area contributed by atoms with E-state index in [0.717, 1.165) is 12.7 Å². The Bertz CT molecular complexity index is 812. The van der Waals surface area contributed by atoms with Gasteiger partial charge in [0.1, 0.15) is 18.7 Å². The standard InChI is InChI=1S/C24H37N3O7/c1-14(2)12-18(21(29)26-20(16(5)28)23(31)33-6)25-22(30)19(15(3)4)27-24(32)34-13-17-10-8-7-9-11-17/h7-11,14-16,18-20,28H,12-13H2,1-6H3,(H,25,30)(H,26,29)(H,27,32)/t16-,18+,19+,20+/m1/s1. The molecule has 0 saturated carbocycles. The number of carbonyl (C=O) groups is 4. The number of aliphatic hydroxyl groups is 1. The third kappa shape index (κ3) is 9.78. The number of aliphatic hydroxyl groups excluding tert-OH is 1. The van der Waals surface area contributed by atoms with Gasteiger partial charge in [0.25, 0.3) is 0 Å². The molecule has 10 heteroatoms. The Morgan fingerprint density at radius 1 is 0.882 bits per heavy atom. The Balaban J connectivity index is 2.86. The van der Waals surface area contributed by atoms with E-state index >= 15 is 0 Å². The van der Waals surface area contributed by atoms with Crippen molar-refractivity contribution in [3.05, 3.63) is 35.9 Å². The fourth-order valence-corrected chi connectivity index (χ4v) is 3.15. The molecule has 0 saturated heterocycles. The largest absolute Gasteiger partial charge is 0.467 e. The van der Waals surface area contributed by atoms with Gasteiger partial charge in [0.2, 0.25) is 11.8 Å². The fraction of sp³-hybridized carbons (Fsp3) is 0.583. The molecule has 0 spiro atoms. The molecule has 0 fully saturated rings. The lowest BCUT2D eigenvalue weighted by Gasteiger charge is -2.27. The van der Waals surface area contributed by atoms with Crippen LogP contribution in [-0.4, -0.2) is 60.3 Å². The van der Waals surface area contributed by atoms with E-state index in [1.165, 1.54) is 6.92 Å². The molecule has 3 amide bonds. The van der Waals surface area contributed by atoms with Gasteiger partial charge in [-0.3, -0.25) is 9.59 Å². The smallest absolute Gasteiger partial charge is 0.408 e. The van der Waals surface area contributed by atoms with Gasteiger partial charge in [0.15, 0.2) is 6.04 Å². The molecular weight excluding hydrogens is 442 g/mol. The summed E-state index contributed by atoms with van der Waals surface area (Å²) >= 11 is 0. The summed E-state index contributed by atoms with van der Waals surface area (Å²) in [7, 11) is 1.15. The molecule has 1 aromatic rings. The number of esters is 1. The number of rotatable bonds is 12. The predicted molar refractivity (Wildman–Crippen MR) is 125 cm³/mol. The maximum Gasteiger partial charge on any atom is 0.408 e. The Hall–Kier alpha value is -3.14. The molecule has 0 bridgehead atoms. The molecule has 1 rings (SSSR count). The van der Waals surface area contributed by atoms with Crippen molar-refractivity contribution >= 4 is 23.9 Å². The molecule has 0 aromatic heterocycles. The number of amides is 3. The Morgan fingerprint density at radius 3 is 2.00 bits per heavy atom. The molecule has 10 nitrogen and oxygen atoms in total. The van der Waals surface area contributed by atoms with Gasteiger partial charge in [0, 0.05) is 0 Å². The van der Waals surface area contributed by atoms with Crippen LogP contribution in [0.1, 0.15) is 46.6 Å². The molecule has 0 heterocycles. The van der Waals surface area contributed by atoms with Crippen LogP contribution < -0.4 is 16.0 Å². The molecule has 0 aliphatic carbocycles. The summed E-state index contributed by atoms with van der Waals surface area (Å²) < 4.78 is 9.83. The van der Waals surface area contributed by atoms with E-state index in [1.54, 1.807) is 13.8 Å². The van der Waals surface area contributed by atoms with Crippen molar-refractivity contribution in [2.45, 2.75) is 71.9 Å². The Kier molecular flexibility index (Phi) is 12.1. The van der Waals surface area contributed by atoms with Crippen LogP contribution >= 0.6 is 0 Å². The summed E-state index contributed by atoms with van der Waals surface area (Å²) in [4.78, 5) is 50.0. The maximum atomic E-state index is 13.0. The van der Waals surface area contributed by atoms with Crippen molar-refractivity contribution in [2.75, 3.05) is 7.11 Å². The number of benzene rings is 1. The van der Waals surface area contributed by atoms with E-state index in [0.29, 0.717) is 0 Å². The van der Waals surface area contributed by atoms with Gasteiger partial charge in [-0.25, -0.2) is 9.59 Å². The summed E-state index contributed by atoms with van der Waals surface area (Å²) in [5.74, 6) is -2.29. The molecule has 0 aliphatic heterocycles. The van der Waals surface area contributed by atoms with Gasteiger partial charge < -0.3 is 30.5 Å². The highest BCUT2D eigenvalue weighted by Crippen LogP contribution is 2.10. The van der Waals surface area contributed by atoms with Crippen LogP contribution in [0.3, 0.4) is 0 Å². The number of nitrogens with one attached hydrogen (secondary N) is 3. The molecule has 0 aliphatic rings. The lowest BCUT2D eigenvalue weighted by atomic mass is 9.99. The van der Waals surface area contributed by atoms with Crippen LogP contribution in [0.15, 0.2) is 30.3 Å². The maximum absolute atomic E-state index is 13.0. The first-order valence-electron chi connectivity index (χ1n) is 11.3. The minimum absolute atomic E-state index is 0.0282. The summed E-state index contributed by atoms with van der Waals surface area (Å²) in [6.45, 7) is 8.64. The van der Waals surface area contributed by atoms with Crippen LogP contribution in [0.4, 0.5) is 4.79 Å². The Morgan fingerprint density at radius 2 is 1.50 bits per heavy atom. The van der Waals surface area contributed by atoms with E-state index in [9.17, 15) is 24.3 Å². The zero-order chi connectivity index (χ0) is 25.8. The number of ether oxygens (including phenoxy) is 2. The van der Waals surface area contributed by atoms with E-state index < -0.39 is 48.1 Å². The number of alkyl carbamates (subject to hydrolysis) is 1. The first-order valence-corrected chi connectivity index (χ1v) is 11.3. The van der Waals surface area contributed by atoms with E-state index in [4.69, 9.17) is 4.74 Å². The number of methoxy groups -OCH3 is 1. The van der Waals surface area contributed by atoms with E-state index in [1.807, 2.05) is 44.2 Å². The summed E-state index contributed by atoms with van der Waals surface area (Å²) in [5, 5.41) is 17.5. The molecule has 4 atom stereocenters. The zero-order valence-electron chi connectivity index (χ0n) is 20.7. The number of hydrogen-bond donors (Lipinski definition) is 4. The zero-order valence-corrected chi connectivity index (χ0v) is 20.7. The first-order chi connectivity index (χ1) is 16.0. The van der Waals surface area contributed by atoms with Gasteiger partial charge in [-0.1, -0.05) is 58.0 Å². The van der Waals surface area contributed by atoms with Gasteiger partial charge in [-0.15, -0.1) is 0 Å². The average molecular weight is 480 g/mol. The predicted octanol–water partition coefficient (Wildman–Crippen LogP) is 1.51. The van der Waals surface area contributed by atoms with Gasteiger partial charge in [0.05, 0.1) is 13.2 Å². The van der Waals surface area contributed by atoms with E-state index in [2.05, 4.69) is 20.7 Å². The minimum atomic E-state index is -1.28. The molecule has 190 valence electrons. The molecule has 0 unspecified atom stereocenters. The Labute approximate surface area is 200 Å². The van der Waals surface area contributed by atoms with E-state index in [-0.39, 0.29) is 24.9 Å². The summed E-state index contributed by atoms with van der Waals surface area (Å²) in [6, 6.07) is 5.87. The second-order valence-corrected chi connectivity index (χ2v) is 8.87. The minimum Gasteiger partial charge on any atom is -0.467 e. The second-order valence-electron chi connectivity index (χ2n) is 8.87. The molecule has 1 aromatic carbocycles. The highest BCUT2D eigenvalue weighted by Gasteiger charge is 2.33. The first kappa shape index (κ1) is 28.9. The SMILES string of the molecule is COC(=O)[C@@H](NC(=O)[C@H](CC(C)C)NC(=O)[C@@H](NC(=O)OCc1ccccc1)C(C)C)[C@@H](C)O. The lowest BCUT2D eigenvalue weighted by Crippen LogP contribution is -2.58. The van der Waals surface area contributed by atoms with Gasteiger partial charge in [-0.05, 0) is 30.7 Å².